The molecular formula is C13H16Cl2N2O3. The minimum absolute atomic E-state index is 0.0330. The van der Waals surface area contributed by atoms with Gasteiger partial charge >= 0.3 is 12.0 Å². The molecule has 0 aliphatic carbocycles. The molecule has 0 aromatic heterocycles. The van der Waals surface area contributed by atoms with Gasteiger partial charge in [-0.2, -0.15) is 0 Å². The Kier molecular flexibility index (Phi) is 6.10. The number of rotatable bonds is 5. The predicted molar refractivity (Wildman–Crippen MR) is 79.9 cm³/mol. The highest BCUT2D eigenvalue weighted by Crippen LogP contribution is 2.30. The third-order valence-electron chi connectivity index (χ3n) is 2.53. The molecule has 5 nitrogen and oxygen atoms in total. The highest BCUT2D eigenvalue weighted by Gasteiger charge is 2.17. The number of urea groups is 1. The normalized spacial score (nSPS) is 10.4. The molecule has 1 aromatic carbocycles. The molecule has 0 fully saturated rings. The van der Waals surface area contributed by atoms with Crippen LogP contribution in [-0.4, -0.2) is 23.7 Å². The van der Waals surface area contributed by atoms with E-state index in [4.69, 9.17) is 28.3 Å². The van der Waals surface area contributed by atoms with Gasteiger partial charge in [-0.3, -0.25) is 0 Å². The van der Waals surface area contributed by atoms with Crippen LogP contribution >= 0.6 is 23.2 Å². The van der Waals surface area contributed by atoms with Crippen LogP contribution in [0.5, 0.6) is 0 Å². The fraction of sp³-hybridized carbons (Fsp3) is 0.385. The van der Waals surface area contributed by atoms with Gasteiger partial charge in [-0.1, -0.05) is 37.0 Å². The second-order valence-electron chi connectivity index (χ2n) is 4.68. The van der Waals surface area contributed by atoms with E-state index in [1.54, 1.807) is 0 Å². The highest BCUT2D eigenvalue weighted by atomic mass is 35.5. The Hall–Kier alpha value is -1.46. The van der Waals surface area contributed by atoms with Crippen molar-refractivity contribution in [2.45, 2.75) is 20.3 Å². The lowest BCUT2D eigenvalue weighted by atomic mass is 10.1. The monoisotopic (exact) mass is 318 g/mol. The van der Waals surface area contributed by atoms with Gasteiger partial charge in [0.25, 0.3) is 0 Å². The Morgan fingerprint density at radius 3 is 2.50 bits per heavy atom. The second kappa shape index (κ2) is 7.36. The summed E-state index contributed by atoms with van der Waals surface area (Å²) in [7, 11) is 0. The average Bonchev–Trinajstić information content (AvgIpc) is 2.31. The Bertz CT molecular complexity index is 519. The summed E-state index contributed by atoms with van der Waals surface area (Å²) in [4.78, 5) is 22.8. The van der Waals surface area contributed by atoms with Gasteiger partial charge in [0.2, 0.25) is 0 Å². The molecule has 0 bridgehead atoms. The summed E-state index contributed by atoms with van der Waals surface area (Å²) >= 11 is 11.7. The van der Waals surface area contributed by atoms with Gasteiger partial charge in [-0.25, -0.2) is 9.59 Å². The topological polar surface area (TPSA) is 78.4 Å². The largest absolute Gasteiger partial charge is 0.478 e. The van der Waals surface area contributed by atoms with E-state index in [-0.39, 0.29) is 21.3 Å². The zero-order chi connectivity index (χ0) is 15.3. The van der Waals surface area contributed by atoms with Gasteiger partial charge in [0, 0.05) is 11.6 Å². The third-order valence-corrected chi connectivity index (χ3v) is 3.05. The number of nitrogens with one attached hydrogen (secondary N) is 2. The van der Waals surface area contributed by atoms with Crippen molar-refractivity contribution in [1.82, 2.24) is 5.32 Å². The first-order chi connectivity index (χ1) is 9.31. The molecule has 2 amide bonds. The van der Waals surface area contributed by atoms with E-state index in [1.165, 1.54) is 12.1 Å². The number of anilines is 1. The fourth-order valence-electron chi connectivity index (χ4n) is 1.50. The number of carbonyl (C=O) groups excluding carboxylic acids is 1. The molecule has 0 saturated carbocycles. The summed E-state index contributed by atoms with van der Waals surface area (Å²) in [5.74, 6) is -0.754. The molecule has 0 heterocycles. The summed E-state index contributed by atoms with van der Waals surface area (Å²) in [6.07, 6.45) is 0.827. The molecule has 0 spiro atoms. The number of carboxylic acids is 1. The van der Waals surface area contributed by atoms with Crippen LogP contribution < -0.4 is 10.6 Å². The van der Waals surface area contributed by atoms with E-state index in [0.29, 0.717) is 12.5 Å². The van der Waals surface area contributed by atoms with Crippen molar-refractivity contribution >= 4 is 40.9 Å². The van der Waals surface area contributed by atoms with Crippen molar-refractivity contribution in [2.75, 3.05) is 11.9 Å². The van der Waals surface area contributed by atoms with Crippen LogP contribution in [0.3, 0.4) is 0 Å². The maximum absolute atomic E-state index is 11.7. The predicted octanol–water partition coefficient (Wildman–Crippen LogP) is 3.86. The maximum atomic E-state index is 11.7. The first kappa shape index (κ1) is 16.6. The molecule has 1 rings (SSSR count). The van der Waals surface area contributed by atoms with Crippen molar-refractivity contribution in [2.24, 2.45) is 5.92 Å². The zero-order valence-corrected chi connectivity index (χ0v) is 12.7. The molecule has 1 aromatic rings. The summed E-state index contributed by atoms with van der Waals surface area (Å²) in [6.45, 7) is 4.58. The van der Waals surface area contributed by atoms with E-state index in [1.807, 2.05) is 13.8 Å². The van der Waals surface area contributed by atoms with Gasteiger partial charge in [-0.05, 0) is 24.5 Å². The van der Waals surface area contributed by atoms with E-state index in [9.17, 15) is 9.59 Å². The first-order valence-corrected chi connectivity index (χ1v) is 6.84. The second-order valence-corrected chi connectivity index (χ2v) is 5.52. The van der Waals surface area contributed by atoms with Crippen LogP contribution in [0.1, 0.15) is 30.6 Å². The van der Waals surface area contributed by atoms with Crippen LogP contribution in [0, 0.1) is 5.92 Å². The summed E-state index contributed by atoms with van der Waals surface area (Å²) in [6, 6.07) is 2.11. The lowest BCUT2D eigenvalue weighted by Crippen LogP contribution is -2.30. The zero-order valence-electron chi connectivity index (χ0n) is 11.2. The summed E-state index contributed by atoms with van der Waals surface area (Å²) < 4.78 is 0. The molecule has 0 radical (unpaired) electrons. The van der Waals surface area contributed by atoms with Crippen molar-refractivity contribution in [3.63, 3.8) is 0 Å². The molecule has 7 heteroatoms. The Morgan fingerprint density at radius 2 is 1.95 bits per heavy atom. The fourth-order valence-corrected chi connectivity index (χ4v) is 2.04. The number of halogens is 2. The van der Waals surface area contributed by atoms with Gasteiger partial charge in [0.1, 0.15) is 0 Å². The van der Waals surface area contributed by atoms with Crippen molar-refractivity contribution < 1.29 is 14.7 Å². The standard InChI is InChI=1S/C13H16Cl2N2O3/c1-7(2)3-4-16-13(20)17-11-9(12(18)19)5-8(14)6-10(11)15/h5-7H,3-4H2,1-2H3,(H,18,19)(H2,16,17,20). The van der Waals surface area contributed by atoms with Gasteiger partial charge in [-0.15, -0.1) is 0 Å². The van der Waals surface area contributed by atoms with Gasteiger partial charge in [0.05, 0.1) is 16.3 Å². The van der Waals surface area contributed by atoms with Gasteiger partial charge < -0.3 is 15.7 Å². The third kappa shape index (κ3) is 4.90. The number of aromatic carboxylic acids is 1. The maximum Gasteiger partial charge on any atom is 0.337 e. The molecule has 0 atom stereocenters. The molecule has 0 aliphatic heterocycles. The minimum atomic E-state index is -1.22. The molecule has 110 valence electrons. The van der Waals surface area contributed by atoms with Crippen molar-refractivity contribution in [3.8, 4) is 0 Å². The molecule has 0 unspecified atom stereocenters. The summed E-state index contributed by atoms with van der Waals surface area (Å²) in [5, 5.41) is 14.4. The first-order valence-electron chi connectivity index (χ1n) is 6.08. The van der Waals surface area contributed by atoms with E-state index in [0.717, 1.165) is 6.42 Å². The number of carboxylic acid groups (broad SMARTS) is 1. The number of benzene rings is 1. The Balaban J connectivity index is 2.81. The van der Waals surface area contributed by atoms with Crippen molar-refractivity contribution in [1.29, 1.82) is 0 Å². The minimum Gasteiger partial charge on any atom is -0.478 e. The average molecular weight is 319 g/mol. The molecule has 0 aliphatic rings. The number of amides is 2. The van der Waals surface area contributed by atoms with Crippen molar-refractivity contribution in [3.05, 3.63) is 27.7 Å². The Morgan fingerprint density at radius 1 is 1.30 bits per heavy atom. The highest BCUT2D eigenvalue weighted by molar-refractivity contribution is 6.37. The summed E-state index contributed by atoms with van der Waals surface area (Å²) in [5.41, 5.74) is -0.118. The van der Waals surface area contributed by atoms with E-state index < -0.39 is 12.0 Å². The number of hydrogen-bond acceptors (Lipinski definition) is 2. The SMILES string of the molecule is CC(C)CCNC(=O)Nc1c(Cl)cc(Cl)cc1C(=O)O. The lowest BCUT2D eigenvalue weighted by Gasteiger charge is -2.12. The van der Waals surface area contributed by atoms with E-state index >= 15 is 0 Å². The van der Waals surface area contributed by atoms with E-state index in [2.05, 4.69) is 10.6 Å². The molecule has 3 N–H and O–H groups in total. The molecule has 0 saturated heterocycles. The van der Waals surface area contributed by atoms with Crippen LogP contribution in [0.2, 0.25) is 10.0 Å². The lowest BCUT2D eigenvalue weighted by molar-refractivity contribution is 0.0698. The Labute approximate surface area is 127 Å². The van der Waals surface area contributed by atoms with Crippen LogP contribution in [0.15, 0.2) is 12.1 Å². The molecule has 20 heavy (non-hydrogen) atoms. The van der Waals surface area contributed by atoms with Crippen LogP contribution in [0.4, 0.5) is 10.5 Å². The van der Waals surface area contributed by atoms with Crippen LogP contribution in [0.25, 0.3) is 0 Å². The number of hydrogen-bond donors (Lipinski definition) is 3. The molecular weight excluding hydrogens is 303 g/mol. The quantitative estimate of drug-likeness (QED) is 0.771. The van der Waals surface area contributed by atoms with Gasteiger partial charge in [0.15, 0.2) is 0 Å². The number of carbonyl (C=O) groups is 2. The van der Waals surface area contributed by atoms with Crippen LogP contribution in [-0.2, 0) is 0 Å². The smallest absolute Gasteiger partial charge is 0.337 e.